The molecule has 0 spiro atoms. The number of hydrogen-bond donors (Lipinski definition) is 2. The first kappa shape index (κ1) is 11.8. The minimum atomic E-state index is -0.0178. The third-order valence-corrected chi connectivity index (χ3v) is 3.02. The summed E-state index contributed by atoms with van der Waals surface area (Å²) in [4.78, 5) is 13.2. The van der Waals surface area contributed by atoms with E-state index in [1.807, 2.05) is 0 Å². The van der Waals surface area contributed by atoms with E-state index in [0.29, 0.717) is 6.42 Å². The smallest absolute Gasteiger partial charge is 0.235 e. The maximum atomic E-state index is 11.0. The fourth-order valence-corrected chi connectivity index (χ4v) is 2.25. The molecule has 0 heterocycles. The summed E-state index contributed by atoms with van der Waals surface area (Å²) < 4.78 is 0. The van der Waals surface area contributed by atoms with Crippen LogP contribution in [0, 0.1) is 5.92 Å². The lowest BCUT2D eigenvalue weighted by atomic mass is 9.86. The average Bonchev–Trinajstić information content (AvgIpc) is 2.20. The average molecular weight is 219 g/mol. The topological polar surface area (TPSA) is 41.1 Å². The van der Waals surface area contributed by atoms with Gasteiger partial charge in [-0.15, -0.1) is 4.94 Å². The predicted octanol–water partition coefficient (Wildman–Crippen LogP) is 2.51. The Morgan fingerprint density at radius 1 is 1.29 bits per heavy atom. The molecule has 0 aromatic heterocycles. The molecule has 1 rings (SSSR count). The van der Waals surface area contributed by atoms with Crippen molar-refractivity contribution in [2.75, 3.05) is 0 Å². The van der Waals surface area contributed by atoms with E-state index in [-0.39, 0.29) is 5.91 Å². The van der Waals surface area contributed by atoms with Crippen molar-refractivity contribution in [2.45, 2.75) is 51.4 Å². The van der Waals surface area contributed by atoms with E-state index in [4.69, 9.17) is 11.8 Å². The van der Waals surface area contributed by atoms with Gasteiger partial charge < -0.3 is 0 Å². The Bertz CT molecular complexity index is 170. The summed E-state index contributed by atoms with van der Waals surface area (Å²) in [6, 6.07) is 0. The van der Waals surface area contributed by atoms with Gasteiger partial charge in [0, 0.05) is 6.42 Å². The molecule has 0 aliphatic heterocycles. The minimum absolute atomic E-state index is 0.0178. The number of carbonyl (C=O) groups excluding carboxylic acids is 1. The van der Waals surface area contributed by atoms with Gasteiger partial charge in [0.15, 0.2) is 0 Å². The van der Waals surface area contributed by atoms with Crippen LogP contribution in [0.25, 0.3) is 0 Å². The molecule has 1 saturated carbocycles. The van der Waals surface area contributed by atoms with Crippen LogP contribution in [0.15, 0.2) is 0 Å². The Morgan fingerprint density at radius 3 is 2.64 bits per heavy atom. The Morgan fingerprint density at radius 2 is 2.00 bits per heavy atom. The van der Waals surface area contributed by atoms with Crippen LogP contribution in [0.4, 0.5) is 0 Å². The van der Waals surface area contributed by atoms with Crippen molar-refractivity contribution in [3.05, 3.63) is 0 Å². The molecule has 2 N–H and O–H groups in total. The Balaban J connectivity index is 1.99. The van der Waals surface area contributed by atoms with E-state index in [1.54, 1.807) is 0 Å². The second-order valence-corrected chi connectivity index (χ2v) is 4.23. The number of nitrogens with one attached hydrogen (secondary N) is 2. The highest BCUT2D eigenvalue weighted by Gasteiger charge is 2.13. The van der Waals surface area contributed by atoms with Gasteiger partial charge >= 0.3 is 0 Å². The Labute approximate surface area is 90.7 Å². The highest BCUT2D eigenvalue weighted by Crippen LogP contribution is 2.27. The van der Waals surface area contributed by atoms with E-state index in [1.165, 1.54) is 38.5 Å². The Hall–Kier alpha value is -0.280. The van der Waals surface area contributed by atoms with Gasteiger partial charge in [-0.25, -0.2) is 0 Å². The number of halogens is 1. The normalized spacial score (nSPS) is 18.1. The molecule has 0 atom stereocenters. The second kappa shape index (κ2) is 7.07. The molecule has 0 unspecified atom stereocenters. The van der Waals surface area contributed by atoms with Crippen LogP contribution < -0.4 is 10.4 Å². The van der Waals surface area contributed by atoms with Crippen LogP contribution >= 0.6 is 11.8 Å². The third kappa shape index (κ3) is 4.82. The van der Waals surface area contributed by atoms with Gasteiger partial charge in [0.05, 0.1) is 0 Å². The maximum absolute atomic E-state index is 11.0. The lowest BCUT2D eigenvalue weighted by Crippen LogP contribution is -2.30. The number of rotatable bonds is 5. The van der Waals surface area contributed by atoms with Crippen molar-refractivity contribution in [3.8, 4) is 0 Å². The summed E-state index contributed by atoms with van der Waals surface area (Å²) >= 11 is 5.14. The van der Waals surface area contributed by atoms with Crippen LogP contribution in [0.3, 0.4) is 0 Å². The molecule has 82 valence electrons. The minimum Gasteiger partial charge on any atom is -0.277 e. The molecular weight excluding hydrogens is 200 g/mol. The molecule has 1 aliphatic carbocycles. The van der Waals surface area contributed by atoms with E-state index in [9.17, 15) is 4.79 Å². The monoisotopic (exact) mass is 218 g/mol. The van der Waals surface area contributed by atoms with Gasteiger partial charge in [-0.3, -0.25) is 10.2 Å². The molecule has 1 amide bonds. The lowest BCUT2D eigenvalue weighted by molar-refractivity contribution is -0.121. The van der Waals surface area contributed by atoms with Crippen molar-refractivity contribution in [1.29, 1.82) is 0 Å². The zero-order valence-electron chi connectivity index (χ0n) is 8.52. The summed E-state index contributed by atoms with van der Waals surface area (Å²) in [5, 5.41) is 0. The van der Waals surface area contributed by atoms with Gasteiger partial charge in [0.2, 0.25) is 5.91 Å². The molecule has 14 heavy (non-hydrogen) atoms. The van der Waals surface area contributed by atoms with Crippen LogP contribution in [0.5, 0.6) is 0 Å². The maximum Gasteiger partial charge on any atom is 0.235 e. The zero-order valence-corrected chi connectivity index (χ0v) is 9.28. The first-order chi connectivity index (χ1) is 6.83. The van der Waals surface area contributed by atoms with E-state index in [0.717, 1.165) is 12.3 Å². The van der Waals surface area contributed by atoms with E-state index >= 15 is 0 Å². The van der Waals surface area contributed by atoms with Crippen molar-refractivity contribution < 1.29 is 4.79 Å². The number of hydrogen-bond acceptors (Lipinski definition) is 2. The van der Waals surface area contributed by atoms with Crippen molar-refractivity contribution >= 4 is 17.7 Å². The summed E-state index contributed by atoms with van der Waals surface area (Å²) in [6.07, 6.45) is 9.61. The van der Waals surface area contributed by atoms with Gasteiger partial charge in [-0.1, -0.05) is 32.1 Å². The second-order valence-electron chi connectivity index (χ2n) is 4.04. The number of carbonyl (C=O) groups is 1. The van der Waals surface area contributed by atoms with Gasteiger partial charge in [-0.2, -0.15) is 0 Å². The van der Waals surface area contributed by atoms with Crippen molar-refractivity contribution in [3.63, 3.8) is 0 Å². The molecule has 0 aromatic rings. The fourth-order valence-electron chi connectivity index (χ4n) is 2.14. The standard InChI is InChI=1S/C10H19ClN2O/c11-13-12-10(14)8-4-7-9-5-2-1-3-6-9/h9,13H,1-8H2,(H,12,14). The zero-order chi connectivity index (χ0) is 10.2. The molecule has 0 bridgehead atoms. The SMILES string of the molecule is O=C(CCCC1CCCCC1)NNCl. The number of hydrazine groups is 1. The Kier molecular flexibility index (Phi) is 5.96. The highest BCUT2D eigenvalue weighted by molar-refractivity contribution is 6.13. The van der Waals surface area contributed by atoms with E-state index in [2.05, 4.69) is 10.4 Å². The summed E-state index contributed by atoms with van der Waals surface area (Å²) in [5.74, 6) is 0.844. The highest BCUT2D eigenvalue weighted by atomic mass is 35.5. The first-order valence-corrected chi connectivity index (χ1v) is 5.85. The summed E-state index contributed by atoms with van der Waals surface area (Å²) in [7, 11) is 0. The number of amides is 1. The first-order valence-electron chi connectivity index (χ1n) is 5.47. The molecule has 4 heteroatoms. The van der Waals surface area contributed by atoms with Crippen LogP contribution in [0.1, 0.15) is 51.4 Å². The van der Waals surface area contributed by atoms with Gasteiger partial charge in [0.1, 0.15) is 0 Å². The lowest BCUT2D eigenvalue weighted by Gasteiger charge is -2.20. The summed E-state index contributed by atoms with van der Waals surface area (Å²) in [6.45, 7) is 0. The molecule has 0 aromatic carbocycles. The molecule has 3 nitrogen and oxygen atoms in total. The van der Waals surface area contributed by atoms with Crippen molar-refractivity contribution in [2.24, 2.45) is 5.92 Å². The van der Waals surface area contributed by atoms with E-state index < -0.39 is 0 Å². The van der Waals surface area contributed by atoms with Crippen LogP contribution in [0.2, 0.25) is 0 Å². The van der Waals surface area contributed by atoms with Gasteiger partial charge in [0.25, 0.3) is 0 Å². The molecule has 0 saturated heterocycles. The van der Waals surface area contributed by atoms with Crippen molar-refractivity contribution in [1.82, 2.24) is 10.4 Å². The van der Waals surface area contributed by atoms with Crippen LogP contribution in [-0.2, 0) is 4.79 Å². The fraction of sp³-hybridized carbons (Fsp3) is 0.900. The van der Waals surface area contributed by atoms with Crippen LogP contribution in [-0.4, -0.2) is 5.91 Å². The molecule has 0 radical (unpaired) electrons. The molecule has 1 fully saturated rings. The predicted molar refractivity (Wildman–Crippen MR) is 57.6 cm³/mol. The molecular formula is C10H19ClN2O. The van der Waals surface area contributed by atoms with Gasteiger partial charge in [-0.05, 0) is 30.5 Å². The quantitative estimate of drug-likeness (QED) is 0.550. The molecule has 1 aliphatic rings. The summed E-state index contributed by atoms with van der Waals surface area (Å²) in [5.41, 5.74) is 2.36. The third-order valence-electron chi connectivity index (χ3n) is 2.93. The largest absolute Gasteiger partial charge is 0.277 e.